The molecule has 2 heterocycles. The van der Waals surface area contributed by atoms with Gasteiger partial charge >= 0.3 is 0 Å². The van der Waals surface area contributed by atoms with E-state index < -0.39 is 0 Å². The molecule has 2 aromatic heterocycles. The molecule has 4 rings (SSSR count). The summed E-state index contributed by atoms with van der Waals surface area (Å²) in [5.41, 5.74) is 2.45. The smallest absolute Gasteiger partial charge is 0.126 e. The van der Waals surface area contributed by atoms with E-state index in [0.717, 1.165) is 41.9 Å². The second kappa shape index (κ2) is 8.57. The lowest BCUT2D eigenvalue weighted by Gasteiger charge is -2.14. The van der Waals surface area contributed by atoms with E-state index in [1.807, 2.05) is 30.3 Å². The highest BCUT2D eigenvalue weighted by molar-refractivity contribution is 6.33. The van der Waals surface area contributed by atoms with Crippen LogP contribution in [0.1, 0.15) is 24.8 Å². The minimum Gasteiger partial charge on any atom is -0.367 e. The second-order valence-electron chi connectivity index (χ2n) is 6.88. The minimum atomic E-state index is -0.246. The average Bonchev–Trinajstić information content (AvgIpc) is 3.21. The zero-order valence-corrected chi connectivity index (χ0v) is 16.1. The van der Waals surface area contributed by atoms with Crippen LogP contribution in [-0.2, 0) is 6.54 Å². The van der Waals surface area contributed by atoms with Gasteiger partial charge in [-0.2, -0.15) is 0 Å². The van der Waals surface area contributed by atoms with Gasteiger partial charge in [-0.15, -0.1) is 0 Å². The maximum atomic E-state index is 13.3. The van der Waals surface area contributed by atoms with Crippen LogP contribution in [0.25, 0.3) is 11.3 Å². The topological polar surface area (TPSA) is 49.8 Å². The van der Waals surface area contributed by atoms with Crippen LogP contribution in [0.3, 0.4) is 0 Å². The Balaban J connectivity index is 1.51. The molecule has 0 spiro atoms. The molecule has 1 radical (unpaired) electrons. The minimum absolute atomic E-state index is 0.246. The molecule has 1 aliphatic carbocycles. The molecular weight excluding hydrogens is 375 g/mol. The average molecular weight is 396 g/mol. The molecule has 28 heavy (non-hydrogen) atoms. The summed E-state index contributed by atoms with van der Waals surface area (Å²) in [4.78, 5) is 9.06. The van der Waals surface area contributed by atoms with Crippen molar-refractivity contribution in [3.8, 4) is 11.3 Å². The fraction of sp³-hybridized carbons (Fsp3) is 0.227. The molecule has 1 fully saturated rings. The van der Waals surface area contributed by atoms with Gasteiger partial charge in [-0.1, -0.05) is 29.8 Å². The maximum absolute atomic E-state index is 13.3. The van der Waals surface area contributed by atoms with Gasteiger partial charge in [0, 0.05) is 24.3 Å². The van der Waals surface area contributed by atoms with Gasteiger partial charge < -0.3 is 10.6 Å². The molecule has 143 valence electrons. The van der Waals surface area contributed by atoms with E-state index in [1.165, 1.54) is 12.1 Å². The summed E-state index contributed by atoms with van der Waals surface area (Å²) in [6.07, 6.45) is 7.27. The molecule has 6 heteroatoms. The Morgan fingerprint density at radius 1 is 1.11 bits per heavy atom. The third kappa shape index (κ3) is 4.60. The van der Waals surface area contributed by atoms with Gasteiger partial charge in [-0.05, 0) is 61.6 Å². The standard InChI is InChI=1S/C22H21ClFN4/c23-19-14-26-22(27-17-7-1-2-8-17)12-18(19)20-9-4-10-21(28-20)25-13-15-5-3-6-16(24)11-15/h1,3-6,9-12,14,17H,2,7-8,13H2,(H,25,28)(H,26,27)/t17-/m1/s1. The molecule has 0 saturated heterocycles. The first kappa shape index (κ1) is 18.7. The first-order chi connectivity index (χ1) is 13.7. The molecule has 1 aromatic carbocycles. The van der Waals surface area contributed by atoms with E-state index in [0.29, 0.717) is 23.4 Å². The normalized spacial score (nSPS) is 14.2. The highest BCUT2D eigenvalue weighted by Crippen LogP contribution is 2.30. The summed E-state index contributed by atoms with van der Waals surface area (Å²) < 4.78 is 13.3. The molecule has 3 aromatic rings. The van der Waals surface area contributed by atoms with E-state index in [9.17, 15) is 4.39 Å². The monoisotopic (exact) mass is 395 g/mol. The molecule has 1 saturated carbocycles. The summed E-state index contributed by atoms with van der Waals surface area (Å²) in [6.45, 7) is 0.489. The predicted octanol–water partition coefficient (Wildman–Crippen LogP) is 5.72. The Bertz CT molecular complexity index is 957. The van der Waals surface area contributed by atoms with Gasteiger partial charge in [-0.3, -0.25) is 0 Å². The quantitative estimate of drug-likeness (QED) is 0.560. The van der Waals surface area contributed by atoms with Gasteiger partial charge in [0.15, 0.2) is 0 Å². The third-order valence-electron chi connectivity index (χ3n) is 4.77. The Morgan fingerprint density at radius 3 is 2.82 bits per heavy atom. The fourth-order valence-electron chi connectivity index (χ4n) is 3.33. The van der Waals surface area contributed by atoms with Gasteiger partial charge in [0.05, 0.1) is 10.7 Å². The second-order valence-corrected chi connectivity index (χ2v) is 7.29. The van der Waals surface area contributed by atoms with E-state index in [1.54, 1.807) is 12.3 Å². The number of rotatable bonds is 6. The van der Waals surface area contributed by atoms with Gasteiger partial charge in [0.2, 0.25) is 0 Å². The van der Waals surface area contributed by atoms with Crippen molar-refractivity contribution in [2.45, 2.75) is 31.8 Å². The van der Waals surface area contributed by atoms with E-state index in [-0.39, 0.29) is 5.82 Å². The number of benzene rings is 1. The van der Waals surface area contributed by atoms with Gasteiger partial charge in [0.1, 0.15) is 17.5 Å². The predicted molar refractivity (Wildman–Crippen MR) is 112 cm³/mol. The number of hydrogen-bond donors (Lipinski definition) is 2. The molecule has 2 N–H and O–H groups in total. The first-order valence-electron chi connectivity index (χ1n) is 9.37. The number of nitrogens with one attached hydrogen (secondary N) is 2. The van der Waals surface area contributed by atoms with Crippen LogP contribution in [-0.4, -0.2) is 16.0 Å². The largest absolute Gasteiger partial charge is 0.367 e. The van der Waals surface area contributed by atoms with E-state index >= 15 is 0 Å². The van der Waals surface area contributed by atoms with E-state index in [4.69, 9.17) is 11.6 Å². The van der Waals surface area contributed by atoms with Crippen LogP contribution in [0.2, 0.25) is 5.02 Å². The molecule has 0 amide bonds. The van der Waals surface area contributed by atoms with Crippen molar-refractivity contribution in [1.82, 2.24) is 9.97 Å². The van der Waals surface area contributed by atoms with Crippen LogP contribution < -0.4 is 10.6 Å². The fourth-order valence-corrected chi connectivity index (χ4v) is 3.53. The number of hydrogen-bond acceptors (Lipinski definition) is 4. The van der Waals surface area contributed by atoms with Crippen molar-refractivity contribution in [2.24, 2.45) is 0 Å². The maximum Gasteiger partial charge on any atom is 0.126 e. The molecule has 4 nitrogen and oxygen atoms in total. The molecule has 0 unspecified atom stereocenters. The van der Waals surface area contributed by atoms with Crippen molar-refractivity contribution in [1.29, 1.82) is 0 Å². The summed E-state index contributed by atoms with van der Waals surface area (Å²) in [5, 5.41) is 7.25. The van der Waals surface area contributed by atoms with Crippen molar-refractivity contribution < 1.29 is 4.39 Å². The number of halogens is 2. The Kier molecular flexibility index (Phi) is 5.72. The van der Waals surface area contributed by atoms with Crippen LogP contribution in [0.5, 0.6) is 0 Å². The van der Waals surface area contributed by atoms with Crippen molar-refractivity contribution >= 4 is 23.2 Å². The van der Waals surface area contributed by atoms with Crippen LogP contribution in [0, 0.1) is 12.2 Å². The van der Waals surface area contributed by atoms with Gasteiger partial charge in [-0.25, -0.2) is 14.4 Å². The Labute approximate surface area is 169 Å². The van der Waals surface area contributed by atoms with Crippen molar-refractivity contribution in [2.75, 3.05) is 10.6 Å². The summed E-state index contributed by atoms with van der Waals surface area (Å²) >= 11 is 6.39. The Morgan fingerprint density at radius 2 is 2.00 bits per heavy atom. The molecular formula is C22H21ClFN4. The third-order valence-corrected chi connectivity index (χ3v) is 5.07. The van der Waals surface area contributed by atoms with Crippen LogP contribution >= 0.6 is 11.6 Å². The molecule has 0 bridgehead atoms. The lowest BCUT2D eigenvalue weighted by atomic mass is 10.1. The zero-order chi connectivity index (χ0) is 19.3. The SMILES string of the molecule is Fc1cccc(CNc2cccc(-c3cc(N[C@@H]4C[CH]CC4)ncc3Cl)n2)c1. The highest BCUT2D eigenvalue weighted by Gasteiger charge is 2.16. The zero-order valence-electron chi connectivity index (χ0n) is 15.3. The van der Waals surface area contributed by atoms with E-state index in [2.05, 4.69) is 27.0 Å². The summed E-state index contributed by atoms with van der Waals surface area (Å²) in [7, 11) is 0. The summed E-state index contributed by atoms with van der Waals surface area (Å²) in [6, 6.07) is 14.6. The molecule has 1 atom stereocenters. The Hall–Kier alpha value is -2.66. The van der Waals surface area contributed by atoms with Crippen molar-refractivity contribution in [3.63, 3.8) is 0 Å². The van der Waals surface area contributed by atoms with Crippen molar-refractivity contribution in [3.05, 3.63) is 77.6 Å². The van der Waals surface area contributed by atoms with Crippen LogP contribution in [0.4, 0.5) is 16.0 Å². The molecule has 0 aliphatic heterocycles. The molecule has 1 aliphatic rings. The number of nitrogens with zero attached hydrogens (tertiary/aromatic N) is 2. The summed E-state index contributed by atoms with van der Waals surface area (Å²) in [5.74, 6) is 1.26. The lowest BCUT2D eigenvalue weighted by Crippen LogP contribution is -2.15. The van der Waals surface area contributed by atoms with Gasteiger partial charge in [0.25, 0.3) is 0 Å². The number of pyridine rings is 2. The number of aromatic nitrogens is 2. The first-order valence-corrected chi connectivity index (χ1v) is 9.75. The van der Waals surface area contributed by atoms with Crippen LogP contribution in [0.15, 0.2) is 54.7 Å². The highest BCUT2D eigenvalue weighted by atomic mass is 35.5. The number of anilines is 2. The lowest BCUT2D eigenvalue weighted by molar-refractivity contribution is 0.626.